The lowest BCUT2D eigenvalue weighted by molar-refractivity contribution is -0.144. The van der Waals surface area contributed by atoms with Gasteiger partial charge in [0.25, 0.3) is 0 Å². The van der Waals surface area contributed by atoms with Gasteiger partial charge in [-0.25, -0.2) is 0 Å². The van der Waals surface area contributed by atoms with Gasteiger partial charge in [-0.2, -0.15) is 0 Å². The molecule has 0 aromatic carbocycles. The molecule has 4 nitrogen and oxygen atoms in total. The van der Waals surface area contributed by atoms with Crippen LogP contribution >= 0.6 is 0 Å². The van der Waals surface area contributed by atoms with Crippen molar-refractivity contribution in [1.82, 2.24) is 0 Å². The summed E-state index contributed by atoms with van der Waals surface area (Å²) in [7, 11) is 0. The molecular formula is C10H19NO3. The summed E-state index contributed by atoms with van der Waals surface area (Å²) in [5.41, 5.74) is 5.43. The maximum absolute atomic E-state index is 10.7. The summed E-state index contributed by atoms with van der Waals surface area (Å²) >= 11 is 0. The molecule has 4 heteroatoms. The molecule has 0 saturated carbocycles. The number of hydrogen-bond acceptors (Lipinski definition) is 3. The second-order valence-electron chi connectivity index (χ2n) is 4.44. The molecule has 2 unspecified atom stereocenters. The van der Waals surface area contributed by atoms with Crippen molar-refractivity contribution in [1.29, 1.82) is 0 Å². The van der Waals surface area contributed by atoms with Crippen molar-refractivity contribution in [2.24, 2.45) is 11.1 Å². The summed E-state index contributed by atoms with van der Waals surface area (Å²) in [6.45, 7) is 4.38. The molecule has 0 aromatic heterocycles. The van der Waals surface area contributed by atoms with E-state index in [0.717, 1.165) is 12.8 Å². The van der Waals surface area contributed by atoms with Gasteiger partial charge in [-0.15, -0.1) is 0 Å². The van der Waals surface area contributed by atoms with E-state index in [1.165, 1.54) is 0 Å². The zero-order chi connectivity index (χ0) is 10.8. The fourth-order valence-corrected chi connectivity index (χ4v) is 2.50. The van der Waals surface area contributed by atoms with Gasteiger partial charge in [0.2, 0.25) is 0 Å². The van der Waals surface area contributed by atoms with Crippen molar-refractivity contribution < 1.29 is 14.6 Å². The number of ether oxygens (including phenoxy) is 1. The van der Waals surface area contributed by atoms with Gasteiger partial charge < -0.3 is 15.6 Å². The predicted octanol–water partition coefficient (Wildman–Crippen LogP) is 0.994. The quantitative estimate of drug-likeness (QED) is 0.714. The number of carbonyl (C=O) groups is 1. The van der Waals surface area contributed by atoms with E-state index in [0.29, 0.717) is 6.54 Å². The number of aliphatic carboxylic acids is 1. The molecule has 1 aliphatic rings. The molecule has 82 valence electrons. The highest BCUT2D eigenvalue weighted by Gasteiger charge is 2.39. The third kappa shape index (κ3) is 2.69. The van der Waals surface area contributed by atoms with Crippen LogP contribution in [0.15, 0.2) is 0 Å². The van der Waals surface area contributed by atoms with Crippen LogP contribution in [-0.4, -0.2) is 29.8 Å². The van der Waals surface area contributed by atoms with Crippen molar-refractivity contribution in [3.63, 3.8) is 0 Å². The molecule has 0 amide bonds. The van der Waals surface area contributed by atoms with E-state index in [-0.39, 0.29) is 24.0 Å². The van der Waals surface area contributed by atoms with Gasteiger partial charge in [-0.3, -0.25) is 4.79 Å². The van der Waals surface area contributed by atoms with E-state index < -0.39 is 5.97 Å². The molecule has 0 aliphatic carbocycles. The summed E-state index contributed by atoms with van der Waals surface area (Å²) in [4.78, 5) is 10.7. The van der Waals surface area contributed by atoms with Crippen molar-refractivity contribution >= 4 is 5.97 Å². The van der Waals surface area contributed by atoms with Gasteiger partial charge >= 0.3 is 5.97 Å². The van der Waals surface area contributed by atoms with Crippen molar-refractivity contribution in [2.45, 2.75) is 45.3 Å². The molecule has 1 fully saturated rings. The first kappa shape index (κ1) is 11.5. The molecule has 0 aromatic rings. The van der Waals surface area contributed by atoms with E-state index >= 15 is 0 Å². The Kier molecular flexibility index (Phi) is 3.50. The molecule has 0 bridgehead atoms. The maximum atomic E-state index is 10.7. The van der Waals surface area contributed by atoms with Crippen molar-refractivity contribution in [3.05, 3.63) is 0 Å². The molecule has 2 atom stereocenters. The van der Waals surface area contributed by atoms with Gasteiger partial charge in [-0.05, 0) is 38.6 Å². The molecule has 1 rings (SSSR count). The minimum absolute atomic E-state index is 0.113. The second-order valence-corrected chi connectivity index (χ2v) is 4.44. The van der Waals surface area contributed by atoms with Crippen LogP contribution in [0.4, 0.5) is 0 Å². The Morgan fingerprint density at radius 1 is 1.50 bits per heavy atom. The Morgan fingerprint density at radius 3 is 2.36 bits per heavy atom. The monoisotopic (exact) mass is 201 g/mol. The first-order chi connectivity index (χ1) is 6.47. The maximum Gasteiger partial charge on any atom is 0.303 e. The summed E-state index contributed by atoms with van der Waals surface area (Å²) in [5, 5.41) is 8.84. The van der Waals surface area contributed by atoms with Crippen LogP contribution in [0, 0.1) is 5.41 Å². The SMILES string of the molecule is CC1CC(CN)(CC(=O)O)CC(C)O1. The normalized spacial score (nSPS) is 38.2. The van der Waals surface area contributed by atoms with E-state index in [1.54, 1.807) is 0 Å². The third-order valence-corrected chi connectivity index (χ3v) is 2.86. The highest BCUT2D eigenvalue weighted by Crippen LogP contribution is 2.38. The molecular weight excluding hydrogens is 182 g/mol. The first-order valence-corrected chi connectivity index (χ1v) is 5.05. The molecule has 1 aliphatic heterocycles. The Morgan fingerprint density at radius 2 is 2.00 bits per heavy atom. The van der Waals surface area contributed by atoms with Crippen LogP contribution in [0.5, 0.6) is 0 Å². The number of carboxylic acids is 1. The third-order valence-electron chi connectivity index (χ3n) is 2.86. The minimum Gasteiger partial charge on any atom is -0.481 e. The number of carboxylic acid groups (broad SMARTS) is 1. The zero-order valence-corrected chi connectivity index (χ0v) is 8.82. The van der Waals surface area contributed by atoms with Gasteiger partial charge in [0.1, 0.15) is 0 Å². The van der Waals surface area contributed by atoms with E-state index in [1.807, 2.05) is 13.8 Å². The van der Waals surface area contributed by atoms with Crippen LogP contribution in [0.3, 0.4) is 0 Å². The number of rotatable bonds is 3. The molecule has 0 spiro atoms. The highest BCUT2D eigenvalue weighted by molar-refractivity contribution is 5.67. The van der Waals surface area contributed by atoms with E-state index in [9.17, 15) is 4.79 Å². The average Bonchev–Trinajstić information content (AvgIpc) is 2.00. The first-order valence-electron chi connectivity index (χ1n) is 5.05. The topological polar surface area (TPSA) is 72.6 Å². The number of nitrogens with two attached hydrogens (primary N) is 1. The zero-order valence-electron chi connectivity index (χ0n) is 8.82. The minimum atomic E-state index is -0.767. The van der Waals surface area contributed by atoms with E-state index in [4.69, 9.17) is 15.6 Å². The standard InChI is InChI=1S/C10H19NO3/c1-7-3-10(6-11,5-9(12)13)4-8(2)14-7/h7-8H,3-6,11H2,1-2H3,(H,12,13). The Balaban J connectivity index is 2.71. The van der Waals surface area contributed by atoms with Crippen LogP contribution < -0.4 is 5.73 Å². The molecule has 1 heterocycles. The lowest BCUT2D eigenvalue weighted by Gasteiger charge is -2.41. The molecule has 3 N–H and O–H groups in total. The smallest absolute Gasteiger partial charge is 0.303 e. The van der Waals surface area contributed by atoms with Crippen molar-refractivity contribution in [3.8, 4) is 0 Å². The predicted molar refractivity (Wildman–Crippen MR) is 53.0 cm³/mol. The fourth-order valence-electron chi connectivity index (χ4n) is 2.50. The summed E-state index contributed by atoms with van der Waals surface area (Å²) in [5.74, 6) is -0.767. The average molecular weight is 201 g/mol. The number of hydrogen-bond donors (Lipinski definition) is 2. The molecule has 0 radical (unpaired) electrons. The van der Waals surface area contributed by atoms with E-state index in [2.05, 4.69) is 0 Å². The second kappa shape index (κ2) is 4.28. The Hall–Kier alpha value is -0.610. The van der Waals surface area contributed by atoms with Crippen LogP contribution in [0.2, 0.25) is 0 Å². The van der Waals surface area contributed by atoms with Gasteiger partial charge in [0, 0.05) is 0 Å². The summed E-state index contributed by atoms with van der Waals surface area (Å²) < 4.78 is 5.58. The van der Waals surface area contributed by atoms with Gasteiger partial charge in [0.05, 0.1) is 18.6 Å². The van der Waals surface area contributed by atoms with Crippen LogP contribution in [-0.2, 0) is 9.53 Å². The van der Waals surface area contributed by atoms with Gasteiger partial charge in [-0.1, -0.05) is 0 Å². The molecule has 1 saturated heterocycles. The van der Waals surface area contributed by atoms with Crippen molar-refractivity contribution in [2.75, 3.05) is 6.54 Å². The molecule has 14 heavy (non-hydrogen) atoms. The lowest BCUT2D eigenvalue weighted by atomic mass is 9.73. The summed E-state index contributed by atoms with van der Waals surface area (Å²) in [6.07, 6.45) is 1.88. The lowest BCUT2D eigenvalue weighted by Crippen LogP contribution is -2.44. The van der Waals surface area contributed by atoms with Crippen LogP contribution in [0.25, 0.3) is 0 Å². The highest BCUT2D eigenvalue weighted by atomic mass is 16.5. The van der Waals surface area contributed by atoms with Crippen LogP contribution in [0.1, 0.15) is 33.1 Å². The van der Waals surface area contributed by atoms with Gasteiger partial charge in [0.15, 0.2) is 0 Å². The summed E-state index contributed by atoms with van der Waals surface area (Å²) in [6, 6.07) is 0. The fraction of sp³-hybridized carbons (Fsp3) is 0.900. The Bertz CT molecular complexity index is 207. The Labute approximate surface area is 84.4 Å². The largest absolute Gasteiger partial charge is 0.481 e.